The van der Waals surface area contributed by atoms with E-state index in [4.69, 9.17) is 4.74 Å². The molecule has 0 radical (unpaired) electrons. The summed E-state index contributed by atoms with van der Waals surface area (Å²) in [4.78, 5) is 16.7. The maximum Gasteiger partial charge on any atom is 0.410 e. The van der Waals surface area contributed by atoms with Crippen LogP contribution in [0.3, 0.4) is 0 Å². The van der Waals surface area contributed by atoms with Crippen LogP contribution in [0.1, 0.15) is 66.2 Å². The zero-order chi connectivity index (χ0) is 16.2. The Hall–Kier alpha value is -0.770. The Labute approximate surface area is 136 Å². The Balaban J connectivity index is 1.78. The van der Waals surface area contributed by atoms with E-state index in [2.05, 4.69) is 11.8 Å². The van der Waals surface area contributed by atoms with Gasteiger partial charge in [0.1, 0.15) is 5.60 Å². The molecule has 0 aromatic heterocycles. The molecule has 2 rings (SSSR count). The number of hydrogen-bond acceptors (Lipinski definition) is 3. The summed E-state index contributed by atoms with van der Waals surface area (Å²) >= 11 is 0. The lowest BCUT2D eigenvalue weighted by molar-refractivity contribution is 0.0108. The van der Waals surface area contributed by atoms with E-state index in [0.29, 0.717) is 6.04 Å². The molecule has 128 valence electrons. The topological polar surface area (TPSA) is 32.8 Å². The highest BCUT2D eigenvalue weighted by Gasteiger charge is 2.31. The average molecular weight is 310 g/mol. The van der Waals surface area contributed by atoms with E-state index in [1.54, 1.807) is 0 Å². The minimum Gasteiger partial charge on any atom is -0.444 e. The van der Waals surface area contributed by atoms with Gasteiger partial charge in [-0.1, -0.05) is 13.3 Å². The highest BCUT2D eigenvalue weighted by molar-refractivity contribution is 5.68. The van der Waals surface area contributed by atoms with Gasteiger partial charge in [0.25, 0.3) is 0 Å². The first-order valence-electron chi connectivity index (χ1n) is 9.11. The molecule has 2 heterocycles. The smallest absolute Gasteiger partial charge is 0.410 e. The number of rotatable bonds is 3. The van der Waals surface area contributed by atoms with Gasteiger partial charge < -0.3 is 9.64 Å². The highest BCUT2D eigenvalue weighted by Crippen LogP contribution is 2.26. The summed E-state index contributed by atoms with van der Waals surface area (Å²) in [6.45, 7) is 12.3. The quantitative estimate of drug-likeness (QED) is 0.792. The van der Waals surface area contributed by atoms with Gasteiger partial charge in [-0.15, -0.1) is 0 Å². The second-order valence-electron chi connectivity index (χ2n) is 7.99. The first kappa shape index (κ1) is 17.6. The lowest BCUT2D eigenvalue weighted by atomic mass is 9.91. The normalized spacial score (nSPS) is 25.3. The van der Waals surface area contributed by atoms with Crippen LogP contribution in [0.15, 0.2) is 0 Å². The van der Waals surface area contributed by atoms with Crippen molar-refractivity contribution >= 4 is 6.09 Å². The Morgan fingerprint density at radius 2 is 1.82 bits per heavy atom. The molecule has 4 nitrogen and oxygen atoms in total. The SMILES string of the molecule is CCC[C@@H]1CCCN(C2CCN(C(=O)OC(C)(C)C)CC2)C1. The first-order valence-corrected chi connectivity index (χ1v) is 9.11. The zero-order valence-corrected chi connectivity index (χ0v) is 14.9. The van der Waals surface area contributed by atoms with E-state index in [1.807, 2.05) is 25.7 Å². The maximum atomic E-state index is 12.1. The fourth-order valence-electron chi connectivity index (χ4n) is 3.81. The molecule has 22 heavy (non-hydrogen) atoms. The second kappa shape index (κ2) is 7.67. The van der Waals surface area contributed by atoms with Gasteiger partial charge in [-0.05, 0) is 65.3 Å². The second-order valence-corrected chi connectivity index (χ2v) is 7.99. The summed E-state index contributed by atoms with van der Waals surface area (Å²) in [5.41, 5.74) is -0.395. The predicted molar refractivity (Wildman–Crippen MR) is 90.0 cm³/mol. The van der Waals surface area contributed by atoms with Crippen LogP contribution < -0.4 is 0 Å². The fourth-order valence-corrected chi connectivity index (χ4v) is 3.81. The van der Waals surface area contributed by atoms with Gasteiger partial charge in [-0.3, -0.25) is 4.90 Å². The number of piperidine rings is 2. The van der Waals surface area contributed by atoms with Gasteiger partial charge in [0.2, 0.25) is 0 Å². The average Bonchev–Trinajstić information content (AvgIpc) is 2.46. The van der Waals surface area contributed by atoms with Crippen molar-refractivity contribution in [3.63, 3.8) is 0 Å². The highest BCUT2D eigenvalue weighted by atomic mass is 16.6. The van der Waals surface area contributed by atoms with E-state index in [9.17, 15) is 4.79 Å². The molecule has 2 saturated heterocycles. The Bertz CT molecular complexity index is 355. The summed E-state index contributed by atoms with van der Waals surface area (Å²) < 4.78 is 5.48. The summed E-state index contributed by atoms with van der Waals surface area (Å²) in [5, 5.41) is 0. The van der Waals surface area contributed by atoms with Crippen LogP contribution >= 0.6 is 0 Å². The van der Waals surface area contributed by atoms with Crippen LogP contribution in [-0.2, 0) is 4.74 Å². The van der Waals surface area contributed by atoms with Crippen molar-refractivity contribution in [3.8, 4) is 0 Å². The van der Waals surface area contributed by atoms with Crippen molar-refractivity contribution in [1.29, 1.82) is 0 Å². The minimum absolute atomic E-state index is 0.145. The lowest BCUT2D eigenvalue weighted by Gasteiger charge is -2.42. The number of hydrogen-bond donors (Lipinski definition) is 0. The third-order valence-corrected chi connectivity index (χ3v) is 4.88. The Morgan fingerprint density at radius 3 is 2.41 bits per heavy atom. The van der Waals surface area contributed by atoms with Crippen molar-refractivity contribution in [3.05, 3.63) is 0 Å². The molecule has 2 fully saturated rings. The third kappa shape index (κ3) is 5.15. The van der Waals surface area contributed by atoms with Crippen molar-refractivity contribution < 1.29 is 9.53 Å². The first-order chi connectivity index (χ1) is 10.4. The van der Waals surface area contributed by atoms with E-state index in [1.165, 1.54) is 38.8 Å². The van der Waals surface area contributed by atoms with Crippen LogP contribution in [-0.4, -0.2) is 53.7 Å². The number of nitrogens with zero attached hydrogens (tertiary/aromatic N) is 2. The van der Waals surface area contributed by atoms with Gasteiger partial charge in [-0.25, -0.2) is 4.79 Å². The molecule has 0 N–H and O–H groups in total. The molecular weight excluding hydrogens is 276 g/mol. The van der Waals surface area contributed by atoms with Crippen molar-refractivity contribution in [2.24, 2.45) is 5.92 Å². The number of likely N-dealkylation sites (tertiary alicyclic amines) is 2. The standard InChI is InChI=1S/C18H34N2O2/c1-5-7-15-8-6-11-20(14-15)16-9-12-19(13-10-16)17(21)22-18(2,3)4/h15-16H,5-14H2,1-4H3/t15-/m1/s1. The minimum atomic E-state index is -0.395. The summed E-state index contributed by atoms with van der Waals surface area (Å²) in [5.74, 6) is 0.891. The monoisotopic (exact) mass is 310 g/mol. The molecule has 0 bridgehead atoms. The summed E-state index contributed by atoms with van der Waals surface area (Å²) in [6.07, 6.45) is 7.46. The van der Waals surface area contributed by atoms with E-state index >= 15 is 0 Å². The molecule has 0 aromatic rings. The van der Waals surface area contributed by atoms with Crippen LogP contribution in [0.2, 0.25) is 0 Å². The molecular formula is C18H34N2O2. The van der Waals surface area contributed by atoms with E-state index in [-0.39, 0.29) is 6.09 Å². The van der Waals surface area contributed by atoms with Crippen LogP contribution in [0.4, 0.5) is 4.79 Å². The summed E-state index contributed by atoms with van der Waals surface area (Å²) in [7, 11) is 0. The van der Waals surface area contributed by atoms with Gasteiger partial charge in [-0.2, -0.15) is 0 Å². The van der Waals surface area contributed by atoms with Gasteiger partial charge in [0.05, 0.1) is 0 Å². The molecule has 2 aliphatic rings. The molecule has 0 aromatic carbocycles. The number of ether oxygens (including phenoxy) is 1. The largest absolute Gasteiger partial charge is 0.444 e. The number of amides is 1. The zero-order valence-electron chi connectivity index (χ0n) is 14.9. The molecule has 0 aliphatic carbocycles. The third-order valence-electron chi connectivity index (χ3n) is 4.88. The lowest BCUT2D eigenvalue weighted by Crippen LogP contribution is -2.50. The van der Waals surface area contributed by atoms with Crippen LogP contribution in [0.5, 0.6) is 0 Å². The Kier molecular flexibility index (Phi) is 6.13. The molecule has 0 unspecified atom stereocenters. The molecule has 4 heteroatoms. The predicted octanol–water partition coefficient (Wildman–Crippen LogP) is 3.90. The van der Waals surface area contributed by atoms with Gasteiger partial charge >= 0.3 is 6.09 Å². The van der Waals surface area contributed by atoms with Crippen LogP contribution in [0, 0.1) is 5.92 Å². The van der Waals surface area contributed by atoms with E-state index in [0.717, 1.165) is 31.8 Å². The Morgan fingerprint density at radius 1 is 1.14 bits per heavy atom. The molecule has 1 amide bonds. The maximum absolute atomic E-state index is 12.1. The fraction of sp³-hybridized carbons (Fsp3) is 0.944. The van der Waals surface area contributed by atoms with Gasteiger partial charge in [0, 0.05) is 25.7 Å². The van der Waals surface area contributed by atoms with Gasteiger partial charge in [0.15, 0.2) is 0 Å². The van der Waals surface area contributed by atoms with E-state index < -0.39 is 5.60 Å². The summed E-state index contributed by atoms with van der Waals surface area (Å²) in [6, 6.07) is 0.665. The van der Waals surface area contributed by atoms with Crippen LogP contribution in [0.25, 0.3) is 0 Å². The van der Waals surface area contributed by atoms with Crippen molar-refractivity contribution in [2.45, 2.75) is 77.9 Å². The van der Waals surface area contributed by atoms with Crippen molar-refractivity contribution in [1.82, 2.24) is 9.80 Å². The van der Waals surface area contributed by atoms with Crippen molar-refractivity contribution in [2.75, 3.05) is 26.2 Å². The molecule has 2 aliphatic heterocycles. The number of carbonyl (C=O) groups excluding carboxylic acids is 1. The number of carbonyl (C=O) groups is 1. The molecule has 1 atom stereocenters. The molecule has 0 spiro atoms. The molecule has 0 saturated carbocycles.